The van der Waals surface area contributed by atoms with Crippen LogP contribution in [0.2, 0.25) is 0 Å². The van der Waals surface area contributed by atoms with Crippen LogP contribution < -0.4 is 10.6 Å². The van der Waals surface area contributed by atoms with Crippen LogP contribution in [0.4, 0.5) is 5.69 Å². The number of anilines is 1. The van der Waals surface area contributed by atoms with Crippen LogP contribution >= 0.6 is 23.1 Å². The number of aromatic nitrogens is 1. The average molecular weight is 470 g/mol. The molecule has 0 atom stereocenters. The third kappa shape index (κ3) is 4.60. The molecule has 4 bridgehead atoms. The van der Waals surface area contributed by atoms with E-state index >= 15 is 0 Å². The van der Waals surface area contributed by atoms with Crippen molar-refractivity contribution in [2.75, 3.05) is 11.9 Å². The Labute approximate surface area is 198 Å². The zero-order valence-electron chi connectivity index (χ0n) is 18.8. The van der Waals surface area contributed by atoms with Crippen molar-refractivity contribution >= 4 is 40.6 Å². The van der Waals surface area contributed by atoms with Crippen LogP contribution in [0, 0.1) is 37.0 Å². The number of rotatable bonds is 7. The molecule has 32 heavy (non-hydrogen) atoms. The number of nitrogens with one attached hydrogen (secondary N) is 2. The van der Waals surface area contributed by atoms with Crippen molar-refractivity contribution in [1.82, 2.24) is 10.3 Å². The molecule has 1 heterocycles. The lowest BCUT2D eigenvalue weighted by molar-refractivity contribution is -0.146. The number of hydrogen-bond acceptors (Lipinski definition) is 5. The van der Waals surface area contributed by atoms with E-state index in [1.165, 1.54) is 19.3 Å². The normalized spacial score (nSPS) is 28.0. The Morgan fingerprint density at radius 2 is 1.81 bits per heavy atom. The van der Waals surface area contributed by atoms with E-state index in [9.17, 15) is 9.59 Å². The first kappa shape index (κ1) is 22.0. The van der Waals surface area contributed by atoms with Gasteiger partial charge in [-0.3, -0.25) is 9.59 Å². The van der Waals surface area contributed by atoms with Crippen LogP contribution in [0.3, 0.4) is 0 Å². The maximum Gasteiger partial charge on any atom is 0.226 e. The number of carbonyl (C=O) groups excluding carboxylic acids is 2. The number of amides is 2. The van der Waals surface area contributed by atoms with Gasteiger partial charge in [-0.2, -0.15) is 0 Å². The monoisotopic (exact) mass is 469 g/mol. The molecule has 170 valence electrons. The summed E-state index contributed by atoms with van der Waals surface area (Å²) < 4.78 is 1.02. The molecule has 0 unspecified atom stereocenters. The van der Waals surface area contributed by atoms with Crippen LogP contribution in [-0.4, -0.2) is 23.3 Å². The largest absolute Gasteiger partial charge is 0.355 e. The second kappa shape index (κ2) is 8.82. The summed E-state index contributed by atoms with van der Waals surface area (Å²) in [6, 6.07) is 6.04. The van der Waals surface area contributed by atoms with Crippen LogP contribution in [0.5, 0.6) is 0 Å². The van der Waals surface area contributed by atoms with Gasteiger partial charge in [0.15, 0.2) is 4.34 Å². The molecule has 1 aromatic heterocycles. The zero-order chi connectivity index (χ0) is 22.3. The maximum absolute atomic E-state index is 13.0. The fraction of sp³-hybridized carbons (Fsp3) is 0.560. The molecule has 4 aliphatic rings. The van der Waals surface area contributed by atoms with Gasteiger partial charge in [0.2, 0.25) is 11.8 Å². The smallest absolute Gasteiger partial charge is 0.226 e. The summed E-state index contributed by atoms with van der Waals surface area (Å²) in [5, 5.41) is 8.15. The van der Waals surface area contributed by atoms with E-state index in [4.69, 9.17) is 0 Å². The van der Waals surface area contributed by atoms with Gasteiger partial charge >= 0.3 is 0 Å². The Bertz CT molecular complexity index is 997. The Balaban J connectivity index is 1.11. The Hall–Kier alpha value is -1.86. The van der Waals surface area contributed by atoms with Crippen molar-refractivity contribution in [3.63, 3.8) is 0 Å². The predicted molar refractivity (Wildman–Crippen MR) is 129 cm³/mol. The molecule has 0 spiro atoms. The summed E-state index contributed by atoms with van der Waals surface area (Å²) in [6.45, 7) is 4.40. The zero-order valence-corrected chi connectivity index (χ0v) is 20.4. The van der Waals surface area contributed by atoms with Crippen molar-refractivity contribution in [3.05, 3.63) is 34.8 Å². The third-order valence-corrected chi connectivity index (χ3v) is 9.48. The van der Waals surface area contributed by atoms with Gasteiger partial charge in [-0.1, -0.05) is 11.8 Å². The van der Waals surface area contributed by atoms with E-state index in [0.29, 0.717) is 13.0 Å². The average Bonchev–Trinajstić information content (AvgIpc) is 3.13. The summed E-state index contributed by atoms with van der Waals surface area (Å²) in [5.41, 5.74) is 2.73. The summed E-state index contributed by atoms with van der Waals surface area (Å²) >= 11 is 3.28. The highest BCUT2D eigenvalue weighted by molar-refractivity contribution is 8.01. The first-order valence-corrected chi connectivity index (χ1v) is 13.4. The predicted octanol–water partition coefficient (Wildman–Crippen LogP) is 5.57. The fourth-order valence-electron chi connectivity index (χ4n) is 6.40. The summed E-state index contributed by atoms with van der Waals surface area (Å²) in [4.78, 5) is 31.1. The molecule has 0 saturated heterocycles. The van der Waals surface area contributed by atoms with E-state index in [2.05, 4.69) is 21.7 Å². The number of thiazole rings is 1. The number of aryl methyl sites for hydroxylation is 2. The molecule has 2 N–H and O–H groups in total. The van der Waals surface area contributed by atoms with Gasteiger partial charge in [0.25, 0.3) is 0 Å². The third-order valence-electron chi connectivity index (χ3n) is 7.43. The van der Waals surface area contributed by atoms with Gasteiger partial charge in [-0.15, -0.1) is 11.3 Å². The van der Waals surface area contributed by atoms with Crippen LogP contribution in [0.15, 0.2) is 32.8 Å². The van der Waals surface area contributed by atoms with Crippen molar-refractivity contribution in [3.8, 4) is 0 Å². The standard InChI is InChI=1S/C25H31N3O2S2/c1-15-7-20(32-24-27-16(2)14-31-24)3-4-21(15)28-22(29)5-6-26-23(30)25-11-17-8-18(12-25)10-19(9-17)13-25/h3-4,7,14,17-19H,5-6,8-13H2,1-2H3,(H,26,30)(H,28,29). The van der Waals surface area contributed by atoms with Crippen molar-refractivity contribution < 1.29 is 9.59 Å². The van der Waals surface area contributed by atoms with Gasteiger partial charge in [-0.25, -0.2) is 4.98 Å². The van der Waals surface area contributed by atoms with Gasteiger partial charge in [0.1, 0.15) is 0 Å². The fourth-order valence-corrected chi connectivity index (χ4v) is 8.31. The summed E-state index contributed by atoms with van der Waals surface area (Å²) in [7, 11) is 0. The number of hydrogen-bond donors (Lipinski definition) is 2. The molecule has 1 aromatic carbocycles. The molecule has 0 radical (unpaired) electrons. The van der Waals surface area contributed by atoms with E-state index in [0.717, 1.165) is 63.2 Å². The number of carbonyl (C=O) groups is 2. The molecular formula is C25H31N3O2S2. The summed E-state index contributed by atoms with van der Waals surface area (Å²) in [6.07, 6.45) is 7.45. The van der Waals surface area contributed by atoms with Crippen LogP contribution in [-0.2, 0) is 9.59 Å². The van der Waals surface area contributed by atoms with Gasteiger partial charge < -0.3 is 10.6 Å². The maximum atomic E-state index is 13.0. The molecule has 0 aliphatic heterocycles. The molecule has 5 nitrogen and oxygen atoms in total. The minimum Gasteiger partial charge on any atom is -0.355 e. The molecule has 7 heteroatoms. The SMILES string of the molecule is Cc1csc(Sc2ccc(NC(=O)CCNC(=O)C34CC5CC(CC(C5)C3)C4)c(C)c2)n1. The van der Waals surface area contributed by atoms with Crippen LogP contribution in [0.25, 0.3) is 0 Å². The second-order valence-corrected chi connectivity index (χ2v) is 12.3. The number of nitrogens with zero attached hydrogens (tertiary/aromatic N) is 1. The lowest BCUT2D eigenvalue weighted by atomic mass is 9.49. The van der Waals surface area contributed by atoms with Crippen LogP contribution in [0.1, 0.15) is 56.2 Å². The van der Waals surface area contributed by atoms with Crippen molar-refractivity contribution in [2.24, 2.45) is 23.2 Å². The first-order valence-electron chi connectivity index (χ1n) is 11.7. The number of benzene rings is 1. The molecule has 4 saturated carbocycles. The quantitative estimate of drug-likeness (QED) is 0.556. The lowest BCUT2D eigenvalue weighted by Crippen LogP contribution is -2.53. The van der Waals surface area contributed by atoms with Crippen molar-refractivity contribution in [1.29, 1.82) is 0 Å². The Morgan fingerprint density at radius 1 is 1.12 bits per heavy atom. The highest BCUT2D eigenvalue weighted by Gasteiger charge is 2.54. The lowest BCUT2D eigenvalue weighted by Gasteiger charge is -2.55. The van der Waals surface area contributed by atoms with Crippen molar-refractivity contribution in [2.45, 2.75) is 68.0 Å². The van der Waals surface area contributed by atoms with E-state index in [1.54, 1.807) is 23.1 Å². The Morgan fingerprint density at radius 3 is 2.41 bits per heavy atom. The van der Waals surface area contributed by atoms with Gasteiger partial charge in [0, 0.05) is 40.0 Å². The second-order valence-electron chi connectivity index (χ2n) is 10.1. The van der Waals surface area contributed by atoms with E-state index < -0.39 is 0 Å². The first-order chi connectivity index (χ1) is 15.4. The summed E-state index contributed by atoms with van der Waals surface area (Å²) in [5.74, 6) is 2.38. The van der Waals surface area contributed by atoms with E-state index in [1.807, 2.05) is 31.4 Å². The molecule has 4 aliphatic carbocycles. The molecular weight excluding hydrogens is 438 g/mol. The Kier molecular flexibility index (Phi) is 6.05. The highest BCUT2D eigenvalue weighted by Crippen LogP contribution is 2.60. The molecule has 2 amide bonds. The minimum atomic E-state index is -0.148. The minimum absolute atomic E-state index is 0.0603. The molecule has 6 rings (SSSR count). The molecule has 4 fully saturated rings. The highest BCUT2D eigenvalue weighted by atomic mass is 32.2. The topological polar surface area (TPSA) is 71.1 Å². The molecule has 2 aromatic rings. The van der Waals surface area contributed by atoms with Gasteiger partial charge in [0.05, 0.1) is 0 Å². The van der Waals surface area contributed by atoms with E-state index in [-0.39, 0.29) is 17.2 Å². The van der Waals surface area contributed by atoms with Gasteiger partial charge in [-0.05, 0) is 93.9 Å².